The second kappa shape index (κ2) is 3.81. The smallest absolute Gasteiger partial charge is 0.354 e. The van der Waals surface area contributed by atoms with Crippen molar-refractivity contribution in [3.05, 3.63) is 41.7 Å². The number of pyridine rings is 1. The first kappa shape index (κ1) is 11.2. The van der Waals surface area contributed by atoms with E-state index in [2.05, 4.69) is 9.97 Å². The third-order valence-corrected chi connectivity index (χ3v) is 2.95. The molecule has 0 amide bonds. The van der Waals surface area contributed by atoms with Gasteiger partial charge in [0, 0.05) is 16.3 Å². The van der Waals surface area contributed by atoms with E-state index >= 15 is 0 Å². The lowest BCUT2D eigenvalue weighted by Crippen LogP contribution is -1.98. The molecule has 3 N–H and O–H groups in total. The Labute approximate surface area is 106 Å². The molecule has 3 aromatic rings. The highest BCUT2D eigenvalue weighted by Gasteiger charge is 2.11. The molecule has 3 rings (SSSR count). The number of hydrogen-bond donors (Lipinski definition) is 3. The summed E-state index contributed by atoms with van der Waals surface area (Å²) in [6, 6.07) is 6.09. The molecule has 6 nitrogen and oxygen atoms in total. The molecule has 0 aliphatic heterocycles. The van der Waals surface area contributed by atoms with Crippen molar-refractivity contribution >= 4 is 33.7 Å². The number of benzene rings is 1. The van der Waals surface area contributed by atoms with Crippen molar-refractivity contribution in [1.82, 2.24) is 9.97 Å². The molecule has 0 unspecified atom stereocenters. The van der Waals surface area contributed by atoms with E-state index in [4.69, 9.17) is 10.2 Å². The van der Waals surface area contributed by atoms with Crippen LogP contribution >= 0.6 is 0 Å². The molecule has 0 atom stereocenters. The Morgan fingerprint density at radius 2 is 1.74 bits per heavy atom. The van der Waals surface area contributed by atoms with Crippen LogP contribution in [0.2, 0.25) is 0 Å². The van der Waals surface area contributed by atoms with Crippen LogP contribution in [0.1, 0.15) is 20.8 Å². The number of rotatable bonds is 2. The molecule has 2 aromatic heterocycles. The molecule has 2 heterocycles. The van der Waals surface area contributed by atoms with Gasteiger partial charge in [-0.2, -0.15) is 0 Å². The molecule has 0 bridgehead atoms. The Balaban J connectivity index is 2.37. The maximum absolute atomic E-state index is 11.0. The first-order valence-electron chi connectivity index (χ1n) is 5.44. The summed E-state index contributed by atoms with van der Waals surface area (Å²) in [4.78, 5) is 28.7. The van der Waals surface area contributed by atoms with Gasteiger partial charge in [-0.05, 0) is 24.3 Å². The van der Waals surface area contributed by atoms with Gasteiger partial charge in [0.05, 0.1) is 17.3 Å². The number of carboxylic acids is 2. The van der Waals surface area contributed by atoms with Gasteiger partial charge in [0.2, 0.25) is 0 Å². The largest absolute Gasteiger partial charge is 0.478 e. The summed E-state index contributed by atoms with van der Waals surface area (Å²) < 4.78 is 0. The highest BCUT2D eigenvalue weighted by molar-refractivity contribution is 6.10. The second-order valence-corrected chi connectivity index (χ2v) is 4.11. The fourth-order valence-corrected chi connectivity index (χ4v) is 2.05. The highest BCUT2D eigenvalue weighted by atomic mass is 16.4. The van der Waals surface area contributed by atoms with Gasteiger partial charge >= 0.3 is 11.9 Å². The quantitative estimate of drug-likeness (QED) is 0.651. The van der Waals surface area contributed by atoms with Crippen LogP contribution in [-0.2, 0) is 0 Å². The predicted octanol–water partition coefficient (Wildman–Crippen LogP) is 2.11. The van der Waals surface area contributed by atoms with E-state index in [-0.39, 0.29) is 11.3 Å². The van der Waals surface area contributed by atoms with Crippen LogP contribution in [-0.4, -0.2) is 32.1 Å². The van der Waals surface area contributed by atoms with E-state index in [1.54, 1.807) is 6.07 Å². The van der Waals surface area contributed by atoms with E-state index in [9.17, 15) is 9.59 Å². The first-order chi connectivity index (χ1) is 9.06. The van der Waals surface area contributed by atoms with Gasteiger partial charge in [0.15, 0.2) is 0 Å². The monoisotopic (exact) mass is 256 g/mol. The number of aromatic nitrogens is 2. The maximum Gasteiger partial charge on any atom is 0.354 e. The number of aromatic amines is 1. The van der Waals surface area contributed by atoms with E-state index < -0.39 is 11.9 Å². The molecule has 0 aliphatic rings. The summed E-state index contributed by atoms with van der Waals surface area (Å²) in [5, 5.41) is 19.2. The van der Waals surface area contributed by atoms with Crippen LogP contribution < -0.4 is 0 Å². The average molecular weight is 256 g/mol. The van der Waals surface area contributed by atoms with Crippen LogP contribution in [0.25, 0.3) is 21.8 Å². The lowest BCUT2D eigenvalue weighted by molar-refractivity contribution is 0.0682. The zero-order chi connectivity index (χ0) is 13.6. The van der Waals surface area contributed by atoms with Crippen molar-refractivity contribution in [2.75, 3.05) is 0 Å². The topological polar surface area (TPSA) is 103 Å². The molecule has 1 aromatic carbocycles. The first-order valence-corrected chi connectivity index (χ1v) is 5.44. The van der Waals surface area contributed by atoms with Crippen LogP contribution in [0.3, 0.4) is 0 Å². The van der Waals surface area contributed by atoms with Crippen LogP contribution in [0, 0.1) is 0 Å². The highest BCUT2D eigenvalue weighted by Crippen LogP contribution is 2.26. The third-order valence-electron chi connectivity index (χ3n) is 2.95. The Kier molecular flexibility index (Phi) is 2.25. The van der Waals surface area contributed by atoms with Gasteiger partial charge in [-0.15, -0.1) is 0 Å². The third kappa shape index (κ3) is 1.70. The zero-order valence-electron chi connectivity index (χ0n) is 9.54. The minimum Gasteiger partial charge on any atom is -0.478 e. The number of H-pyrrole nitrogens is 1. The maximum atomic E-state index is 11.0. The summed E-state index contributed by atoms with van der Waals surface area (Å²) >= 11 is 0. The van der Waals surface area contributed by atoms with Crippen molar-refractivity contribution in [3.63, 3.8) is 0 Å². The lowest BCUT2D eigenvalue weighted by Gasteiger charge is -1.96. The summed E-state index contributed by atoms with van der Waals surface area (Å²) in [6.45, 7) is 0. The summed E-state index contributed by atoms with van der Waals surface area (Å²) in [6.07, 6.45) is 1.43. The van der Waals surface area contributed by atoms with Crippen LogP contribution in [0.5, 0.6) is 0 Å². The van der Waals surface area contributed by atoms with Crippen molar-refractivity contribution in [1.29, 1.82) is 0 Å². The second-order valence-electron chi connectivity index (χ2n) is 4.11. The number of carbonyl (C=O) groups is 2. The van der Waals surface area contributed by atoms with Crippen molar-refractivity contribution in [2.45, 2.75) is 0 Å². The Morgan fingerprint density at radius 3 is 2.42 bits per heavy atom. The van der Waals surface area contributed by atoms with Crippen LogP contribution in [0.4, 0.5) is 0 Å². The van der Waals surface area contributed by atoms with Crippen molar-refractivity contribution in [3.8, 4) is 0 Å². The number of hydrogen-bond acceptors (Lipinski definition) is 3. The lowest BCUT2D eigenvalue weighted by atomic mass is 10.1. The molecule has 0 spiro atoms. The van der Waals surface area contributed by atoms with Crippen molar-refractivity contribution in [2.24, 2.45) is 0 Å². The van der Waals surface area contributed by atoms with Gasteiger partial charge in [-0.25, -0.2) is 14.6 Å². The van der Waals surface area contributed by atoms with Gasteiger partial charge in [0.25, 0.3) is 0 Å². The van der Waals surface area contributed by atoms with Gasteiger partial charge in [0.1, 0.15) is 5.69 Å². The van der Waals surface area contributed by atoms with E-state index in [1.807, 2.05) is 0 Å². The minimum absolute atomic E-state index is 0.0749. The molecule has 0 aliphatic carbocycles. The number of nitrogens with zero attached hydrogens (tertiary/aromatic N) is 1. The summed E-state index contributed by atoms with van der Waals surface area (Å²) in [5.41, 5.74) is 1.49. The number of carboxylic acid groups (broad SMARTS) is 2. The normalized spacial score (nSPS) is 10.9. The van der Waals surface area contributed by atoms with Crippen LogP contribution in [0.15, 0.2) is 30.5 Å². The van der Waals surface area contributed by atoms with E-state index in [1.165, 1.54) is 24.4 Å². The number of nitrogens with one attached hydrogen (secondary N) is 1. The Morgan fingerprint density at radius 1 is 1.00 bits per heavy atom. The van der Waals surface area contributed by atoms with Crippen molar-refractivity contribution < 1.29 is 19.8 Å². The molecule has 0 radical (unpaired) electrons. The zero-order valence-corrected chi connectivity index (χ0v) is 9.54. The standard InChI is InChI=1S/C13H8N2O4/c16-12(17)6-1-2-9-7(3-6)8-4-10(13(18)19)14-5-11(8)15-9/h1-5,15H,(H,16,17)(H,18,19). The summed E-state index contributed by atoms with van der Waals surface area (Å²) in [7, 11) is 0. The predicted molar refractivity (Wildman–Crippen MR) is 67.5 cm³/mol. The van der Waals surface area contributed by atoms with Gasteiger partial charge < -0.3 is 15.2 Å². The average Bonchev–Trinajstić information content (AvgIpc) is 2.75. The van der Waals surface area contributed by atoms with E-state index in [0.29, 0.717) is 16.3 Å². The van der Waals surface area contributed by atoms with Gasteiger partial charge in [-0.3, -0.25) is 0 Å². The fourth-order valence-electron chi connectivity index (χ4n) is 2.05. The number of aromatic carboxylic acids is 2. The SMILES string of the molecule is O=C(O)c1ccc2[nH]c3cnc(C(=O)O)cc3c2c1. The minimum atomic E-state index is -1.12. The molecule has 94 valence electrons. The molecule has 0 saturated carbocycles. The molecule has 0 saturated heterocycles. The summed E-state index contributed by atoms with van der Waals surface area (Å²) in [5.74, 6) is -2.14. The number of fused-ring (bicyclic) bond motifs is 3. The van der Waals surface area contributed by atoms with E-state index in [0.717, 1.165) is 5.52 Å². The molecular formula is C13H8N2O4. The van der Waals surface area contributed by atoms with Gasteiger partial charge in [-0.1, -0.05) is 0 Å². The Hall–Kier alpha value is -2.89. The molecule has 6 heteroatoms. The molecule has 0 fully saturated rings. The molecule has 19 heavy (non-hydrogen) atoms. The Bertz CT molecular complexity index is 767. The fraction of sp³-hybridized carbons (Fsp3) is 0. The molecular weight excluding hydrogens is 248 g/mol.